The third-order valence-corrected chi connectivity index (χ3v) is 4.63. The third-order valence-electron chi connectivity index (χ3n) is 3.05. The van der Waals surface area contributed by atoms with Gasteiger partial charge in [-0.25, -0.2) is 0 Å². The number of aryl methyl sites for hydroxylation is 4. The topological polar surface area (TPSA) is 40.5 Å². The average Bonchev–Trinajstić information content (AvgIpc) is 2.25. The molecule has 0 bridgehead atoms. The van der Waals surface area contributed by atoms with Crippen molar-refractivity contribution < 1.29 is 10.2 Å². The van der Waals surface area contributed by atoms with Gasteiger partial charge >= 0.3 is 0 Å². The maximum atomic E-state index is 10.1. The number of hydrogen-bond acceptors (Lipinski definition) is 3. The van der Waals surface area contributed by atoms with E-state index in [1.807, 2.05) is 27.7 Å². The van der Waals surface area contributed by atoms with Gasteiger partial charge in [0.2, 0.25) is 0 Å². The molecule has 0 unspecified atom stereocenters. The van der Waals surface area contributed by atoms with Crippen molar-refractivity contribution in [3.63, 3.8) is 0 Å². The van der Waals surface area contributed by atoms with Gasteiger partial charge in [0.05, 0.1) is 4.90 Å². The second kappa shape index (κ2) is 5.17. The first-order chi connectivity index (χ1) is 8.88. The van der Waals surface area contributed by atoms with E-state index < -0.39 is 0 Å². The minimum absolute atomic E-state index is 0.282. The predicted molar refractivity (Wildman–Crippen MR) is 79.3 cm³/mol. The first kappa shape index (κ1) is 13.8. The Kier molecular flexibility index (Phi) is 3.76. The lowest BCUT2D eigenvalue weighted by Crippen LogP contribution is -1.89. The fourth-order valence-corrected chi connectivity index (χ4v) is 3.28. The summed E-state index contributed by atoms with van der Waals surface area (Å²) in [5, 5.41) is 19.7. The first-order valence-electron chi connectivity index (χ1n) is 6.16. The van der Waals surface area contributed by atoms with E-state index >= 15 is 0 Å². The summed E-state index contributed by atoms with van der Waals surface area (Å²) in [6.45, 7) is 7.91. The van der Waals surface area contributed by atoms with Crippen molar-refractivity contribution in [2.75, 3.05) is 0 Å². The summed E-state index contributed by atoms with van der Waals surface area (Å²) >= 11 is 1.55. The molecule has 0 saturated heterocycles. The summed E-state index contributed by atoms with van der Waals surface area (Å²) in [4.78, 5) is 1.96. The SMILES string of the molecule is Cc1cc(C)c(Sc2c(C)cc(O)cc2C)c(O)c1. The van der Waals surface area contributed by atoms with Gasteiger partial charge in [-0.3, -0.25) is 0 Å². The van der Waals surface area contributed by atoms with Crippen molar-refractivity contribution in [1.82, 2.24) is 0 Å². The summed E-state index contributed by atoms with van der Waals surface area (Å²) in [6.07, 6.45) is 0. The number of benzene rings is 2. The van der Waals surface area contributed by atoms with E-state index in [1.54, 1.807) is 30.0 Å². The number of phenols is 2. The Morgan fingerprint density at radius 3 is 1.79 bits per heavy atom. The lowest BCUT2D eigenvalue weighted by molar-refractivity contribution is 0.461. The zero-order valence-corrected chi connectivity index (χ0v) is 12.4. The quantitative estimate of drug-likeness (QED) is 0.848. The van der Waals surface area contributed by atoms with Crippen LogP contribution in [0.15, 0.2) is 34.1 Å². The van der Waals surface area contributed by atoms with Gasteiger partial charge in [0, 0.05) is 4.90 Å². The molecular formula is C16H18O2S. The molecule has 0 spiro atoms. The van der Waals surface area contributed by atoms with Gasteiger partial charge in [0.15, 0.2) is 0 Å². The van der Waals surface area contributed by atoms with Crippen LogP contribution in [0.4, 0.5) is 0 Å². The highest BCUT2D eigenvalue weighted by Gasteiger charge is 2.12. The van der Waals surface area contributed by atoms with Crippen LogP contribution in [-0.4, -0.2) is 10.2 Å². The Hall–Kier alpha value is -1.61. The Morgan fingerprint density at radius 2 is 1.26 bits per heavy atom. The molecule has 2 aromatic carbocycles. The van der Waals surface area contributed by atoms with Gasteiger partial charge in [-0.2, -0.15) is 0 Å². The van der Waals surface area contributed by atoms with Gasteiger partial charge in [0.1, 0.15) is 11.5 Å². The molecule has 2 aromatic rings. The van der Waals surface area contributed by atoms with Crippen molar-refractivity contribution in [2.24, 2.45) is 0 Å². The zero-order valence-electron chi connectivity index (χ0n) is 11.6. The Morgan fingerprint density at radius 1 is 0.737 bits per heavy atom. The van der Waals surface area contributed by atoms with Crippen LogP contribution >= 0.6 is 11.8 Å². The molecule has 0 amide bonds. The number of rotatable bonds is 2. The maximum absolute atomic E-state index is 10.1. The van der Waals surface area contributed by atoms with Crippen LogP contribution in [0.5, 0.6) is 11.5 Å². The number of phenolic OH excluding ortho intramolecular Hbond substituents is 2. The molecule has 2 nitrogen and oxygen atoms in total. The zero-order chi connectivity index (χ0) is 14.2. The smallest absolute Gasteiger partial charge is 0.130 e. The molecule has 3 heteroatoms. The van der Waals surface area contributed by atoms with Crippen LogP contribution < -0.4 is 0 Å². The van der Waals surface area contributed by atoms with E-state index in [0.717, 1.165) is 32.0 Å². The van der Waals surface area contributed by atoms with Gasteiger partial charge in [-0.05, 0) is 68.1 Å². The highest BCUT2D eigenvalue weighted by Crippen LogP contribution is 2.41. The van der Waals surface area contributed by atoms with Gasteiger partial charge in [0.25, 0.3) is 0 Å². The average molecular weight is 274 g/mol. The molecule has 0 heterocycles. The van der Waals surface area contributed by atoms with Crippen molar-refractivity contribution in [3.8, 4) is 11.5 Å². The van der Waals surface area contributed by atoms with E-state index in [2.05, 4.69) is 6.07 Å². The highest BCUT2D eigenvalue weighted by atomic mass is 32.2. The van der Waals surface area contributed by atoms with E-state index in [9.17, 15) is 10.2 Å². The van der Waals surface area contributed by atoms with E-state index in [0.29, 0.717) is 5.75 Å². The summed E-state index contributed by atoms with van der Waals surface area (Å²) in [5.41, 5.74) is 4.15. The standard InChI is InChI=1S/C16H18O2S/c1-9-5-10(2)16(14(18)6-9)19-15-11(3)7-13(17)8-12(15)4/h5-8,17-18H,1-4H3. The van der Waals surface area contributed by atoms with Gasteiger partial charge in [-0.15, -0.1) is 0 Å². The van der Waals surface area contributed by atoms with E-state index in [1.165, 1.54) is 0 Å². The van der Waals surface area contributed by atoms with Crippen molar-refractivity contribution >= 4 is 11.8 Å². The molecule has 0 saturated carbocycles. The van der Waals surface area contributed by atoms with Crippen LogP contribution in [0.2, 0.25) is 0 Å². The van der Waals surface area contributed by atoms with Gasteiger partial charge in [-0.1, -0.05) is 17.8 Å². The van der Waals surface area contributed by atoms with E-state index in [4.69, 9.17) is 0 Å². The molecule has 0 aliphatic rings. The van der Waals surface area contributed by atoms with Crippen LogP contribution in [0.25, 0.3) is 0 Å². The largest absolute Gasteiger partial charge is 0.508 e. The van der Waals surface area contributed by atoms with Crippen LogP contribution in [0.1, 0.15) is 22.3 Å². The molecular weight excluding hydrogens is 256 g/mol. The second-order valence-electron chi connectivity index (χ2n) is 4.94. The number of hydrogen-bond donors (Lipinski definition) is 2. The molecule has 0 aliphatic heterocycles. The summed E-state index contributed by atoms with van der Waals surface area (Å²) < 4.78 is 0. The summed E-state index contributed by atoms with van der Waals surface area (Å²) in [6, 6.07) is 7.33. The van der Waals surface area contributed by atoms with Crippen LogP contribution in [-0.2, 0) is 0 Å². The fourth-order valence-electron chi connectivity index (χ4n) is 2.26. The van der Waals surface area contributed by atoms with Gasteiger partial charge < -0.3 is 10.2 Å². The Bertz CT molecular complexity index is 531. The summed E-state index contributed by atoms with van der Waals surface area (Å²) in [5.74, 6) is 0.596. The monoisotopic (exact) mass is 274 g/mol. The molecule has 2 N–H and O–H groups in total. The molecule has 19 heavy (non-hydrogen) atoms. The maximum Gasteiger partial charge on any atom is 0.130 e. The van der Waals surface area contributed by atoms with Crippen molar-refractivity contribution in [3.05, 3.63) is 46.5 Å². The van der Waals surface area contributed by atoms with Crippen molar-refractivity contribution in [1.29, 1.82) is 0 Å². The Labute approximate surface area is 118 Å². The molecule has 0 atom stereocenters. The molecule has 100 valence electrons. The summed E-state index contributed by atoms with van der Waals surface area (Å²) in [7, 11) is 0. The molecule has 2 rings (SSSR count). The molecule has 0 aliphatic carbocycles. The highest BCUT2D eigenvalue weighted by molar-refractivity contribution is 7.99. The minimum atomic E-state index is 0.282. The van der Waals surface area contributed by atoms with Crippen molar-refractivity contribution in [2.45, 2.75) is 37.5 Å². The lowest BCUT2D eigenvalue weighted by Gasteiger charge is -2.13. The van der Waals surface area contributed by atoms with Crippen LogP contribution in [0, 0.1) is 27.7 Å². The molecule has 0 fully saturated rings. The second-order valence-corrected chi connectivity index (χ2v) is 5.96. The first-order valence-corrected chi connectivity index (χ1v) is 6.98. The Balaban J connectivity index is 2.48. The third kappa shape index (κ3) is 2.87. The fraction of sp³-hybridized carbons (Fsp3) is 0.250. The normalized spacial score (nSPS) is 10.7. The lowest BCUT2D eigenvalue weighted by atomic mass is 10.1. The predicted octanol–water partition coefficient (Wildman–Crippen LogP) is 4.48. The molecule has 0 radical (unpaired) electrons. The number of aromatic hydroxyl groups is 2. The minimum Gasteiger partial charge on any atom is -0.508 e. The molecule has 0 aromatic heterocycles. The van der Waals surface area contributed by atoms with E-state index in [-0.39, 0.29) is 5.75 Å². The van der Waals surface area contributed by atoms with Crippen LogP contribution in [0.3, 0.4) is 0 Å².